The van der Waals surface area contributed by atoms with E-state index in [4.69, 9.17) is 11.6 Å². The van der Waals surface area contributed by atoms with Crippen LogP contribution in [-0.2, 0) is 14.4 Å². The first-order chi connectivity index (χ1) is 5.61. The number of amides is 2. The maximum Gasteiger partial charge on any atom is 0.268 e. The molecular weight excluding hydrogens is 184 g/mol. The van der Waals surface area contributed by atoms with E-state index in [1.807, 2.05) is 0 Å². The van der Waals surface area contributed by atoms with Crippen LogP contribution in [0.5, 0.6) is 0 Å². The van der Waals surface area contributed by atoms with Gasteiger partial charge in [-0.05, 0) is 6.92 Å². The van der Waals surface area contributed by atoms with E-state index in [2.05, 4.69) is 15.6 Å². The van der Waals surface area contributed by atoms with Gasteiger partial charge in [0.25, 0.3) is 5.91 Å². The van der Waals surface area contributed by atoms with Crippen molar-refractivity contribution in [3.05, 3.63) is 0 Å². The Morgan fingerprint density at radius 3 is 3.00 bits per heavy atom. The number of nitrogens with one attached hydrogen (secondary N) is 2. The predicted molar refractivity (Wildman–Crippen MR) is 41.3 cm³/mol. The average Bonchev–Trinajstić information content (AvgIpc) is 2.36. The molecule has 0 saturated carbocycles. The third-order valence-electron chi connectivity index (χ3n) is 1.42. The van der Waals surface area contributed by atoms with E-state index in [1.165, 1.54) is 6.92 Å². The van der Waals surface area contributed by atoms with Crippen LogP contribution in [0.4, 0.5) is 0 Å². The number of hydroxylamine groups is 1. The van der Waals surface area contributed by atoms with E-state index in [9.17, 15) is 9.59 Å². The Bertz CT molecular complexity index is 207. The van der Waals surface area contributed by atoms with Gasteiger partial charge in [-0.3, -0.25) is 14.4 Å². The summed E-state index contributed by atoms with van der Waals surface area (Å²) in [7, 11) is 0. The van der Waals surface area contributed by atoms with Gasteiger partial charge in [-0.2, -0.15) is 0 Å². The van der Waals surface area contributed by atoms with Gasteiger partial charge in [-0.15, -0.1) is 11.6 Å². The average molecular weight is 193 g/mol. The van der Waals surface area contributed by atoms with Crippen LogP contribution in [0.25, 0.3) is 0 Å². The summed E-state index contributed by atoms with van der Waals surface area (Å²) in [5.74, 6) is -0.719. The zero-order chi connectivity index (χ0) is 9.14. The van der Waals surface area contributed by atoms with Gasteiger partial charge in [0.15, 0.2) is 0 Å². The Morgan fingerprint density at radius 2 is 2.58 bits per heavy atom. The number of rotatable bonds is 2. The van der Waals surface area contributed by atoms with Crippen molar-refractivity contribution in [3.8, 4) is 0 Å². The second-order valence-electron chi connectivity index (χ2n) is 2.45. The summed E-state index contributed by atoms with van der Waals surface area (Å²) >= 11 is 5.47. The van der Waals surface area contributed by atoms with Crippen molar-refractivity contribution in [3.63, 3.8) is 0 Å². The number of hydrogen-bond acceptors (Lipinski definition) is 3. The Balaban J connectivity index is 2.40. The quantitative estimate of drug-likeness (QED) is 0.561. The number of carbonyl (C=O) groups is 2. The van der Waals surface area contributed by atoms with Crippen LogP contribution in [-0.4, -0.2) is 29.8 Å². The zero-order valence-corrected chi connectivity index (χ0v) is 7.22. The van der Waals surface area contributed by atoms with E-state index < -0.39 is 11.4 Å². The van der Waals surface area contributed by atoms with Crippen molar-refractivity contribution < 1.29 is 14.4 Å². The number of hydrogen-bond donors (Lipinski definition) is 2. The number of alkyl halides is 1. The molecular formula is C6H9ClN2O3. The Hall–Kier alpha value is -0.810. The lowest BCUT2D eigenvalue weighted by atomic mass is 10.3. The van der Waals surface area contributed by atoms with Gasteiger partial charge >= 0.3 is 0 Å². The first kappa shape index (κ1) is 9.28. The summed E-state index contributed by atoms with van der Waals surface area (Å²) in [6.45, 7) is 1.68. The molecule has 6 heteroatoms. The molecule has 2 amide bonds. The van der Waals surface area contributed by atoms with Gasteiger partial charge < -0.3 is 5.32 Å². The van der Waals surface area contributed by atoms with Crippen molar-refractivity contribution in [2.24, 2.45) is 0 Å². The molecule has 2 N–H and O–H groups in total. The molecule has 1 heterocycles. The van der Waals surface area contributed by atoms with Crippen LogP contribution >= 0.6 is 11.6 Å². The normalized spacial score (nSPS) is 24.8. The van der Waals surface area contributed by atoms with E-state index in [-0.39, 0.29) is 18.4 Å². The van der Waals surface area contributed by atoms with Crippen molar-refractivity contribution in [1.82, 2.24) is 10.8 Å². The Labute approximate surface area is 74.4 Å². The fraction of sp³-hybridized carbons (Fsp3) is 0.667. The molecule has 1 aliphatic heterocycles. The molecule has 0 radical (unpaired) electrons. The van der Waals surface area contributed by atoms with Gasteiger partial charge in [0.1, 0.15) is 18.0 Å². The second-order valence-corrected chi connectivity index (χ2v) is 3.11. The van der Waals surface area contributed by atoms with Gasteiger partial charge in [0.2, 0.25) is 5.91 Å². The molecule has 0 aromatic carbocycles. The van der Waals surface area contributed by atoms with Gasteiger partial charge in [-0.1, -0.05) is 0 Å². The first-order valence-corrected chi connectivity index (χ1v) is 3.91. The van der Waals surface area contributed by atoms with Crippen LogP contribution in [0.2, 0.25) is 0 Å². The van der Waals surface area contributed by atoms with Crippen LogP contribution in [0.3, 0.4) is 0 Å². The zero-order valence-electron chi connectivity index (χ0n) is 6.46. The summed E-state index contributed by atoms with van der Waals surface area (Å²) in [5, 5.41) is 1.78. The highest BCUT2D eigenvalue weighted by molar-refractivity contribution is 6.30. The lowest BCUT2D eigenvalue weighted by Gasteiger charge is -2.08. The molecule has 12 heavy (non-hydrogen) atoms. The molecule has 0 aromatic rings. The highest BCUT2D eigenvalue weighted by Gasteiger charge is 2.27. The van der Waals surface area contributed by atoms with Crippen molar-refractivity contribution in [2.45, 2.75) is 18.3 Å². The maximum atomic E-state index is 11.0. The van der Waals surface area contributed by atoms with E-state index >= 15 is 0 Å². The maximum absolute atomic E-state index is 11.0. The molecule has 1 aliphatic rings. The molecule has 0 bridgehead atoms. The van der Waals surface area contributed by atoms with Crippen LogP contribution in [0.1, 0.15) is 6.92 Å². The smallest absolute Gasteiger partial charge is 0.268 e. The standard InChI is InChI=1S/C6H9ClN2O3/c1-3(7)5(10)8-4-2-12-9-6(4)11/h3-4H,2H2,1H3,(H,8,10)(H,9,11)/t3?,4-/m1/s1. The molecule has 0 aliphatic carbocycles. The highest BCUT2D eigenvalue weighted by Crippen LogP contribution is 1.98. The molecule has 0 spiro atoms. The topological polar surface area (TPSA) is 67.4 Å². The molecule has 1 unspecified atom stereocenters. The van der Waals surface area contributed by atoms with Crippen LogP contribution in [0.15, 0.2) is 0 Å². The predicted octanol–water partition coefficient (Wildman–Crippen LogP) is -0.840. The third-order valence-corrected chi connectivity index (χ3v) is 1.62. The molecule has 2 atom stereocenters. The first-order valence-electron chi connectivity index (χ1n) is 3.47. The molecule has 1 saturated heterocycles. The van der Waals surface area contributed by atoms with Crippen molar-refractivity contribution >= 4 is 23.4 Å². The van der Waals surface area contributed by atoms with E-state index in [1.54, 1.807) is 0 Å². The number of carbonyl (C=O) groups excluding carboxylic acids is 2. The van der Waals surface area contributed by atoms with Crippen molar-refractivity contribution in [1.29, 1.82) is 0 Å². The fourth-order valence-electron chi connectivity index (χ4n) is 0.737. The van der Waals surface area contributed by atoms with Gasteiger partial charge in [0.05, 0.1) is 0 Å². The van der Waals surface area contributed by atoms with Gasteiger partial charge in [0, 0.05) is 0 Å². The Morgan fingerprint density at radius 1 is 1.92 bits per heavy atom. The lowest BCUT2D eigenvalue weighted by Crippen LogP contribution is -2.44. The van der Waals surface area contributed by atoms with E-state index in [0.29, 0.717) is 0 Å². The molecule has 1 rings (SSSR count). The number of halogens is 1. The monoisotopic (exact) mass is 192 g/mol. The van der Waals surface area contributed by atoms with Crippen LogP contribution < -0.4 is 10.8 Å². The minimum atomic E-state index is -0.640. The lowest BCUT2D eigenvalue weighted by molar-refractivity contribution is -0.128. The summed E-state index contributed by atoms with van der Waals surface area (Å²) in [6.07, 6.45) is 0. The SMILES string of the molecule is CC(Cl)C(=O)N[C@@H]1CONC1=O. The van der Waals surface area contributed by atoms with Crippen molar-refractivity contribution in [2.75, 3.05) is 6.61 Å². The fourth-order valence-corrected chi connectivity index (χ4v) is 0.800. The summed E-state index contributed by atoms with van der Waals surface area (Å²) in [6, 6.07) is -0.612. The van der Waals surface area contributed by atoms with Gasteiger partial charge in [-0.25, -0.2) is 5.48 Å². The second kappa shape index (κ2) is 3.73. The molecule has 5 nitrogen and oxygen atoms in total. The third kappa shape index (κ3) is 2.09. The Kier molecular flexibility index (Phi) is 2.88. The summed E-state index contributed by atoms with van der Waals surface area (Å²) < 4.78 is 0. The van der Waals surface area contributed by atoms with Crippen LogP contribution in [0, 0.1) is 0 Å². The molecule has 0 aromatic heterocycles. The highest BCUT2D eigenvalue weighted by atomic mass is 35.5. The summed E-state index contributed by atoms with van der Waals surface area (Å²) in [4.78, 5) is 26.4. The molecule has 68 valence electrons. The minimum Gasteiger partial charge on any atom is -0.341 e. The molecule has 1 fully saturated rings. The summed E-state index contributed by atoms with van der Waals surface area (Å²) in [5.41, 5.74) is 2.12. The minimum absolute atomic E-state index is 0.147. The largest absolute Gasteiger partial charge is 0.341 e. The van der Waals surface area contributed by atoms with E-state index in [0.717, 1.165) is 0 Å².